The van der Waals surface area contributed by atoms with Gasteiger partial charge in [-0.25, -0.2) is 4.98 Å². The van der Waals surface area contributed by atoms with Crippen molar-refractivity contribution in [1.29, 1.82) is 0 Å². The van der Waals surface area contributed by atoms with Gasteiger partial charge in [-0.15, -0.1) is 0 Å². The highest BCUT2D eigenvalue weighted by atomic mass is 35.5. The van der Waals surface area contributed by atoms with Crippen LogP contribution in [0.4, 0.5) is 0 Å². The molecule has 3 aromatic rings. The first-order valence-electron chi connectivity index (χ1n) is 11.6. The van der Waals surface area contributed by atoms with Crippen LogP contribution in [0.15, 0.2) is 42.5 Å². The summed E-state index contributed by atoms with van der Waals surface area (Å²) in [5, 5.41) is 0.713. The van der Waals surface area contributed by atoms with Gasteiger partial charge in [-0.3, -0.25) is 4.79 Å². The van der Waals surface area contributed by atoms with Crippen LogP contribution in [0.25, 0.3) is 11.0 Å². The Labute approximate surface area is 195 Å². The molecule has 32 heavy (non-hydrogen) atoms. The number of rotatable bonds is 8. The molecular weight excluding hydrogens is 422 g/mol. The van der Waals surface area contributed by atoms with Crippen molar-refractivity contribution < 1.29 is 9.53 Å². The van der Waals surface area contributed by atoms with Crippen LogP contribution in [0.5, 0.6) is 5.75 Å². The van der Waals surface area contributed by atoms with E-state index in [1.54, 1.807) is 7.11 Å². The Morgan fingerprint density at radius 3 is 2.69 bits per heavy atom. The predicted octanol–water partition coefficient (Wildman–Crippen LogP) is 6.50. The van der Waals surface area contributed by atoms with Gasteiger partial charge in [0, 0.05) is 17.6 Å². The third kappa shape index (κ3) is 4.78. The number of para-hydroxylation sites is 1. The van der Waals surface area contributed by atoms with E-state index in [0.29, 0.717) is 41.4 Å². The van der Waals surface area contributed by atoms with Crippen LogP contribution in [0, 0.1) is 5.92 Å². The van der Waals surface area contributed by atoms with Gasteiger partial charge in [0.2, 0.25) is 0 Å². The quantitative estimate of drug-likeness (QED) is 0.391. The van der Waals surface area contributed by atoms with Gasteiger partial charge in [-0.05, 0) is 55.5 Å². The van der Waals surface area contributed by atoms with Gasteiger partial charge in [0.25, 0.3) is 5.91 Å². The average molecular weight is 454 g/mol. The van der Waals surface area contributed by atoms with E-state index in [1.165, 1.54) is 12.8 Å². The van der Waals surface area contributed by atoms with Gasteiger partial charge >= 0.3 is 0 Å². The molecule has 0 saturated heterocycles. The second-order valence-electron chi connectivity index (χ2n) is 9.08. The maximum Gasteiger partial charge on any atom is 0.258 e. The molecule has 1 aromatic heterocycles. The van der Waals surface area contributed by atoms with Gasteiger partial charge in [-0.1, -0.05) is 50.4 Å². The summed E-state index contributed by atoms with van der Waals surface area (Å²) >= 11 is 6.34. The first kappa shape index (κ1) is 22.7. The molecular formula is C26H32ClN3O2. The maximum atomic E-state index is 13.6. The molecule has 1 amide bonds. The number of halogens is 1. The van der Waals surface area contributed by atoms with Gasteiger partial charge in [0.05, 0.1) is 30.3 Å². The molecule has 0 aliphatic heterocycles. The highest BCUT2D eigenvalue weighted by Crippen LogP contribution is 2.35. The molecule has 0 spiro atoms. The lowest BCUT2D eigenvalue weighted by atomic mass is 10.1. The first-order chi connectivity index (χ1) is 15.5. The van der Waals surface area contributed by atoms with Crippen LogP contribution >= 0.6 is 11.6 Å². The molecule has 1 aliphatic rings. The zero-order chi connectivity index (χ0) is 22.7. The molecule has 0 radical (unpaired) electrons. The topological polar surface area (TPSA) is 47.4 Å². The molecule has 0 N–H and O–H groups in total. The molecule has 4 rings (SSSR count). The molecule has 0 unspecified atom stereocenters. The van der Waals surface area contributed by atoms with Gasteiger partial charge in [0.15, 0.2) is 0 Å². The minimum Gasteiger partial charge on any atom is -0.496 e. The Balaban J connectivity index is 1.73. The summed E-state index contributed by atoms with van der Waals surface area (Å²) in [7, 11) is 1.60. The average Bonchev–Trinajstić information content (AvgIpc) is 3.43. The van der Waals surface area contributed by atoms with Crippen molar-refractivity contribution in [2.75, 3.05) is 13.7 Å². The van der Waals surface area contributed by atoms with E-state index < -0.39 is 0 Å². The molecule has 1 fully saturated rings. The molecule has 1 saturated carbocycles. The van der Waals surface area contributed by atoms with Gasteiger partial charge in [0.1, 0.15) is 11.6 Å². The number of aromatic nitrogens is 2. The Morgan fingerprint density at radius 2 is 1.97 bits per heavy atom. The molecule has 170 valence electrons. The van der Waals surface area contributed by atoms with Crippen molar-refractivity contribution in [2.24, 2.45) is 5.92 Å². The number of carbonyl (C=O) groups is 1. The zero-order valence-electron chi connectivity index (χ0n) is 19.2. The lowest BCUT2D eigenvalue weighted by Gasteiger charge is -2.26. The normalized spacial score (nSPS) is 14.4. The van der Waals surface area contributed by atoms with Gasteiger partial charge < -0.3 is 14.2 Å². The lowest BCUT2D eigenvalue weighted by Crippen LogP contribution is -2.33. The summed E-state index contributed by atoms with van der Waals surface area (Å²) in [6.07, 6.45) is 5.65. The Hall–Kier alpha value is -2.53. The number of amides is 1. The van der Waals surface area contributed by atoms with E-state index >= 15 is 0 Å². The number of methoxy groups -OCH3 is 1. The van der Waals surface area contributed by atoms with Crippen molar-refractivity contribution in [3.8, 4) is 5.75 Å². The maximum absolute atomic E-state index is 13.6. The first-order valence-corrected chi connectivity index (χ1v) is 11.9. The standard InChI is InChI=1S/C26H32ClN3O2/c1-18(2)14-15-29(26(31)21-10-6-7-11-24(21)32-3)17-25-28-22-13-12-19(27)16-23(22)30(25)20-8-4-5-9-20/h6-7,10-13,16,18,20H,4-5,8-9,14-15,17H2,1-3H3. The highest BCUT2D eigenvalue weighted by Gasteiger charge is 2.26. The predicted molar refractivity (Wildman–Crippen MR) is 129 cm³/mol. The van der Waals surface area contributed by atoms with Crippen molar-refractivity contribution in [3.05, 3.63) is 58.9 Å². The fraction of sp³-hybridized carbons (Fsp3) is 0.462. The summed E-state index contributed by atoms with van der Waals surface area (Å²) in [6, 6.07) is 13.7. The Morgan fingerprint density at radius 1 is 1.22 bits per heavy atom. The second kappa shape index (κ2) is 9.95. The van der Waals surface area contributed by atoms with Crippen LogP contribution < -0.4 is 4.74 Å². The summed E-state index contributed by atoms with van der Waals surface area (Å²) in [5.74, 6) is 2.01. The SMILES string of the molecule is COc1ccccc1C(=O)N(CCC(C)C)Cc1nc2ccc(Cl)cc2n1C1CCCC1. The number of hydrogen-bond acceptors (Lipinski definition) is 3. The summed E-state index contributed by atoms with van der Waals surface area (Å²) in [4.78, 5) is 20.5. The highest BCUT2D eigenvalue weighted by molar-refractivity contribution is 6.31. The monoisotopic (exact) mass is 453 g/mol. The Bertz CT molecular complexity index is 1090. The van der Waals surface area contributed by atoms with Crippen molar-refractivity contribution in [1.82, 2.24) is 14.5 Å². The number of hydrogen-bond donors (Lipinski definition) is 0. The smallest absolute Gasteiger partial charge is 0.258 e. The van der Waals surface area contributed by atoms with Crippen LogP contribution in [0.3, 0.4) is 0 Å². The van der Waals surface area contributed by atoms with E-state index in [4.69, 9.17) is 21.3 Å². The minimum absolute atomic E-state index is 0.0221. The largest absolute Gasteiger partial charge is 0.496 e. The molecule has 0 atom stereocenters. The van der Waals surface area contributed by atoms with E-state index in [2.05, 4.69) is 18.4 Å². The van der Waals surface area contributed by atoms with E-state index in [1.807, 2.05) is 47.4 Å². The van der Waals surface area contributed by atoms with Crippen molar-refractivity contribution >= 4 is 28.5 Å². The summed E-state index contributed by atoms with van der Waals surface area (Å²) in [5.41, 5.74) is 2.59. The van der Waals surface area contributed by atoms with Crippen LogP contribution in [-0.2, 0) is 6.54 Å². The molecule has 1 aliphatic carbocycles. The number of carbonyl (C=O) groups excluding carboxylic acids is 1. The molecule has 6 heteroatoms. The second-order valence-corrected chi connectivity index (χ2v) is 9.52. The van der Waals surface area contributed by atoms with Gasteiger partial charge in [-0.2, -0.15) is 0 Å². The van der Waals surface area contributed by atoms with Crippen LogP contribution in [0.1, 0.15) is 68.2 Å². The number of imidazole rings is 1. The van der Waals surface area contributed by atoms with E-state index in [-0.39, 0.29) is 5.91 Å². The third-order valence-corrected chi connectivity index (χ3v) is 6.58. The van der Waals surface area contributed by atoms with Crippen molar-refractivity contribution in [2.45, 2.75) is 58.5 Å². The molecule has 5 nitrogen and oxygen atoms in total. The fourth-order valence-electron chi connectivity index (χ4n) is 4.63. The number of benzene rings is 2. The van der Waals surface area contributed by atoms with Crippen molar-refractivity contribution in [3.63, 3.8) is 0 Å². The number of nitrogens with zero attached hydrogens (tertiary/aromatic N) is 3. The van der Waals surface area contributed by atoms with E-state index in [0.717, 1.165) is 36.1 Å². The number of ether oxygens (including phenoxy) is 1. The lowest BCUT2D eigenvalue weighted by molar-refractivity contribution is 0.0725. The zero-order valence-corrected chi connectivity index (χ0v) is 19.9. The Kier molecular flexibility index (Phi) is 7.04. The molecule has 0 bridgehead atoms. The third-order valence-electron chi connectivity index (χ3n) is 6.35. The number of fused-ring (bicyclic) bond motifs is 1. The molecule has 1 heterocycles. The molecule has 2 aromatic carbocycles. The minimum atomic E-state index is -0.0221. The fourth-order valence-corrected chi connectivity index (χ4v) is 4.79. The van der Waals surface area contributed by atoms with E-state index in [9.17, 15) is 4.79 Å². The van der Waals surface area contributed by atoms with Crippen LogP contribution in [-0.4, -0.2) is 34.0 Å². The summed E-state index contributed by atoms with van der Waals surface area (Å²) in [6.45, 7) is 5.50. The van der Waals surface area contributed by atoms with Crippen LogP contribution in [0.2, 0.25) is 5.02 Å². The summed E-state index contributed by atoms with van der Waals surface area (Å²) < 4.78 is 7.82.